The van der Waals surface area contributed by atoms with Gasteiger partial charge in [-0.05, 0) is 40.8 Å². The van der Waals surface area contributed by atoms with E-state index in [1.807, 2.05) is 30.3 Å². The number of para-hydroxylation sites is 1. The highest BCUT2D eigenvalue weighted by molar-refractivity contribution is 6.31. The highest BCUT2D eigenvalue weighted by Crippen LogP contribution is 2.14. The molecule has 0 saturated carbocycles. The third-order valence-electron chi connectivity index (χ3n) is 3.63. The van der Waals surface area contributed by atoms with Crippen molar-refractivity contribution in [1.29, 1.82) is 0 Å². The van der Waals surface area contributed by atoms with Crippen molar-refractivity contribution in [2.75, 3.05) is 0 Å². The number of nitrogens with zero attached hydrogens (tertiary/aromatic N) is 6. The van der Waals surface area contributed by atoms with Gasteiger partial charge < -0.3 is 0 Å². The first-order valence-corrected chi connectivity index (χ1v) is 7.57. The average molecular weight is 339 g/mol. The lowest BCUT2D eigenvalue weighted by atomic mass is 10.2. The normalized spacial score (nSPS) is 11.0. The van der Waals surface area contributed by atoms with Crippen LogP contribution in [0.5, 0.6) is 0 Å². The van der Waals surface area contributed by atoms with E-state index in [0.29, 0.717) is 21.7 Å². The molecule has 8 heteroatoms. The molecule has 0 aliphatic heterocycles. The first kappa shape index (κ1) is 14.5. The van der Waals surface area contributed by atoms with Gasteiger partial charge in [-0.2, -0.15) is 4.68 Å². The molecule has 0 N–H and O–H groups in total. The number of benzene rings is 2. The highest BCUT2D eigenvalue weighted by atomic mass is 35.5. The molecule has 118 valence electrons. The minimum absolute atomic E-state index is 0.167. The summed E-state index contributed by atoms with van der Waals surface area (Å²) in [5.74, 6) is 0.540. The fraction of sp³-hybridized carbons (Fsp3) is 0.0625. The zero-order valence-electron chi connectivity index (χ0n) is 12.4. The lowest BCUT2D eigenvalue weighted by molar-refractivity contribution is 0.675. The second-order valence-corrected chi connectivity index (χ2v) is 5.62. The molecular formula is C16H11ClN6O. The van der Waals surface area contributed by atoms with E-state index in [1.165, 1.54) is 10.9 Å². The molecule has 0 fully saturated rings. The average Bonchev–Trinajstić information content (AvgIpc) is 3.06. The molecular weight excluding hydrogens is 328 g/mol. The Morgan fingerprint density at radius 2 is 1.92 bits per heavy atom. The first-order chi connectivity index (χ1) is 11.7. The lowest BCUT2D eigenvalue weighted by Gasteiger charge is -2.07. The van der Waals surface area contributed by atoms with Crippen molar-refractivity contribution in [2.24, 2.45) is 0 Å². The summed E-state index contributed by atoms with van der Waals surface area (Å²) >= 11 is 5.94. The zero-order valence-corrected chi connectivity index (χ0v) is 13.1. The van der Waals surface area contributed by atoms with Crippen LogP contribution in [0.3, 0.4) is 0 Å². The van der Waals surface area contributed by atoms with E-state index < -0.39 is 0 Å². The largest absolute Gasteiger partial charge is 0.291 e. The number of rotatable bonds is 3. The maximum Gasteiger partial charge on any atom is 0.261 e. The smallest absolute Gasteiger partial charge is 0.261 e. The predicted molar refractivity (Wildman–Crippen MR) is 89.3 cm³/mol. The first-order valence-electron chi connectivity index (χ1n) is 7.20. The van der Waals surface area contributed by atoms with Gasteiger partial charge in [0.25, 0.3) is 5.56 Å². The number of fused-ring (bicyclic) bond motifs is 1. The van der Waals surface area contributed by atoms with Crippen molar-refractivity contribution in [2.45, 2.75) is 6.54 Å². The molecule has 0 atom stereocenters. The van der Waals surface area contributed by atoms with E-state index in [-0.39, 0.29) is 12.1 Å². The van der Waals surface area contributed by atoms with Gasteiger partial charge in [0.1, 0.15) is 0 Å². The van der Waals surface area contributed by atoms with Crippen LogP contribution < -0.4 is 5.56 Å². The lowest BCUT2D eigenvalue weighted by Crippen LogP contribution is -2.23. The summed E-state index contributed by atoms with van der Waals surface area (Å²) in [4.78, 5) is 16.9. The minimum atomic E-state index is -0.167. The Labute approximate surface area is 141 Å². The molecule has 0 spiro atoms. The van der Waals surface area contributed by atoms with Crippen LogP contribution >= 0.6 is 11.6 Å². The Morgan fingerprint density at radius 3 is 2.75 bits per heavy atom. The quantitative estimate of drug-likeness (QED) is 0.571. The van der Waals surface area contributed by atoms with Gasteiger partial charge in [0.2, 0.25) is 0 Å². The van der Waals surface area contributed by atoms with Crippen LogP contribution in [0, 0.1) is 0 Å². The molecule has 24 heavy (non-hydrogen) atoms. The summed E-state index contributed by atoms with van der Waals surface area (Å²) in [7, 11) is 0. The Kier molecular flexibility index (Phi) is 3.55. The SMILES string of the molecule is O=c1c2ccc(Cl)cc2ncn1Cc1nnnn1-c1ccccc1. The fourth-order valence-electron chi connectivity index (χ4n) is 2.47. The second kappa shape index (κ2) is 5.86. The van der Waals surface area contributed by atoms with Crippen LogP contribution in [0.25, 0.3) is 16.6 Å². The number of tetrazole rings is 1. The Hall–Kier alpha value is -3.06. The summed E-state index contributed by atoms with van der Waals surface area (Å²) in [5, 5.41) is 12.8. The molecule has 2 aromatic carbocycles. The Bertz CT molecular complexity index is 1070. The topological polar surface area (TPSA) is 78.5 Å². The summed E-state index contributed by atoms with van der Waals surface area (Å²) in [6.07, 6.45) is 1.48. The van der Waals surface area contributed by atoms with E-state index in [4.69, 9.17) is 11.6 Å². The summed E-state index contributed by atoms with van der Waals surface area (Å²) < 4.78 is 3.07. The van der Waals surface area contributed by atoms with Crippen molar-refractivity contribution < 1.29 is 0 Å². The van der Waals surface area contributed by atoms with E-state index in [0.717, 1.165) is 5.69 Å². The molecule has 0 bridgehead atoms. The van der Waals surface area contributed by atoms with E-state index in [9.17, 15) is 4.79 Å². The second-order valence-electron chi connectivity index (χ2n) is 5.18. The third kappa shape index (κ3) is 2.55. The molecule has 0 unspecified atom stereocenters. The summed E-state index contributed by atoms with van der Waals surface area (Å²) in [6.45, 7) is 0.215. The number of aromatic nitrogens is 6. The molecule has 0 radical (unpaired) electrons. The fourth-order valence-corrected chi connectivity index (χ4v) is 2.64. The minimum Gasteiger partial charge on any atom is -0.291 e. The number of hydrogen-bond acceptors (Lipinski definition) is 5. The van der Waals surface area contributed by atoms with Crippen LogP contribution in [0.1, 0.15) is 5.82 Å². The van der Waals surface area contributed by atoms with Gasteiger partial charge in [-0.15, -0.1) is 5.10 Å². The molecule has 0 amide bonds. The van der Waals surface area contributed by atoms with Crippen LogP contribution in [0.2, 0.25) is 5.02 Å². The van der Waals surface area contributed by atoms with Crippen molar-refractivity contribution in [3.63, 3.8) is 0 Å². The molecule has 4 rings (SSSR count). The van der Waals surface area contributed by atoms with Crippen LogP contribution in [0.4, 0.5) is 0 Å². The predicted octanol–water partition coefficient (Wildman–Crippen LogP) is 2.07. The highest BCUT2D eigenvalue weighted by Gasteiger charge is 2.11. The zero-order chi connectivity index (χ0) is 16.5. The van der Waals surface area contributed by atoms with Gasteiger partial charge in [-0.25, -0.2) is 4.98 Å². The third-order valence-corrected chi connectivity index (χ3v) is 3.87. The molecule has 7 nitrogen and oxygen atoms in total. The summed E-state index contributed by atoms with van der Waals surface area (Å²) in [5.41, 5.74) is 1.22. The van der Waals surface area contributed by atoms with Gasteiger partial charge >= 0.3 is 0 Å². The van der Waals surface area contributed by atoms with Crippen molar-refractivity contribution in [1.82, 2.24) is 29.8 Å². The summed E-state index contributed by atoms with van der Waals surface area (Å²) in [6, 6.07) is 14.5. The van der Waals surface area contributed by atoms with E-state index >= 15 is 0 Å². The molecule has 4 aromatic rings. The van der Waals surface area contributed by atoms with Crippen LogP contribution in [0.15, 0.2) is 59.7 Å². The molecule has 2 heterocycles. The van der Waals surface area contributed by atoms with E-state index in [2.05, 4.69) is 20.5 Å². The molecule has 0 saturated heterocycles. The monoisotopic (exact) mass is 338 g/mol. The van der Waals surface area contributed by atoms with Gasteiger partial charge in [-0.3, -0.25) is 9.36 Å². The van der Waals surface area contributed by atoms with E-state index in [1.54, 1.807) is 22.9 Å². The van der Waals surface area contributed by atoms with Crippen molar-refractivity contribution in [3.8, 4) is 5.69 Å². The van der Waals surface area contributed by atoms with Gasteiger partial charge in [0.05, 0.1) is 29.5 Å². The Balaban J connectivity index is 1.76. The molecule has 0 aliphatic carbocycles. The standard InChI is InChI=1S/C16H11ClN6O/c17-11-6-7-13-14(8-11)18-10-22(16(13)24)9-15-19-20-21-23(15)12-4-2-1-3-5-12/h1-8,10H,9H2. The maximum atomic E-state index is 12.6. The molecule has 2 aromatic heterocycles. The molecule has 0 aliphatic rings. The van der Waals surface area contributed by atoms with Gasteiger partial charge in [-0.1, -0.05) is 29.8 Å². The number of hydrogen-bond donors (Lipinski definition) is 0. The van der Waals surface area contributed by atoms with Gasteiger partial charge in [0, 0.05) is 5.02 Å². The van der Waals surface area contributed by atoms with Crippen molar-refractivity contribution in [3.05, 3.63) is 76.1 Å². The van der Waals surface area contributed by atoms with Crippen LogP contribution in [-0.4, -0.2) is 29.8 Å². The number of halogens is 1. The maximum absolute atomic E-state index is 12.6. The van der Waals surface area contributed by atoms with Gasteiger partial charge in [0.15, 0.2) is 5.82 Å². The van der Waals surface area contributed by atoms with Crippen molar-refractivity contribution >= 4 is 22.5 Å². The Morgan fingerprint density at radius 1 is 1.08 bits per heavy atom. The van der Waals surface area contributed by atoms with Crippen LogP contribution in [-0.2, 0) is 6.54 Å².